The summed E-state index contributed by atoms with van der Waals surface area (Å²) >= 11 is 0. The van der Waals surface area contributed by atoms with Gasteiger partial charge in [0.2, 0.25) is 5.91 Å². The van der Waals surface area contributed by atoms with Crippen molar-refractivity contribution in [2.75, 3.05) is 12.4 Å². The third-order valence-electron chi connectivity index (χ3n) is 4.62. The van der Waals surface area contributed by atoms with E-state index in [9.17, 15) is 4.79 Å². The minimum Gasteiger partial charge on any atom is -0.325 e. The lowest BCUT2D eigenvalue weighted by atomic mass is 9.91. The summed E-state index contributed by atoms with van der Waals surface area (Å²) in [5.41, 5.74) is 2.24. The second-order valence-electron chi connectivity index (χ2n) is 6.52. The van der Waals surface area contributed by atoms with Crippen molar-refractivity contribution >= 4 is 11.6 Å². The van der Waals surface area contributed by atoms with Crippen LogP contribution in [-0.4, -0.2) is 19.0 Å². The molecule has 0 aliphatic carbocycles. The number of hydrogen-bond donors (Lipinski definition) is 2. The number of unbranched alkanes of at least 4 members (excludes halogenated alkanes) is 3. The van der Waals surface area contributed by atoms with E-state index in [-0.39, 0.29) is 11.9 Å². The smallest absolute Gasteiger partial charge is 0.241 e. The van der Waals surface area contributed by atoms with Crippen molar-refractivity contribution in [3.63, 3.8) is 0 Å². The van der Waals surface area contributed by atoms with Gasteiger partial charge in [-0.05, 0) is 44.0 Å². The van der Waals surface area contributed by atoms with E-state index in [1.54, 1.807) is 7.05 Å². The van der Waals surface area contributed by atoms with E-state index >= 15 is 0 Å². The molecule has 0 aliphatic rings. The third kappa shape index (κ3) is 7.65. The van der Waals surface area contributed by atoms with Gasteiger partial charge >= 0.3 is 0 Å². The molecule has 3 heteroatoms. The maximum atomic E-state index is 11.9. The number of likely N-dealkylation sites (N-methyl/N-ethyl adjacent to an activating group) is 1. The molecule has 0 saturated carbocycles. The summed E-state index contributed by atoms with van der Waals surface area (Å²) in [4.78, 5) is 11.9. The first-order valence-electron chi connectivity index (χ1n) is 9.17. The van der Waals surface area contributed by atoms with Gasteiger partial charge in [-0.1, -0.05) is 64.5 Å². The van der Waals surface area contributed by atoms with Gasteiger partial charge in [0.05, 0.1) is 6.04 Å². The number of hydrogen-bond acceptors (Lipinski definition) is 2. The Hall–Kier alpha value is -1.35. The van der Waals surface area contributed by atoms with Crippen LogP contribution < -0.4 is 10.6 Å². The van der Waals surface area contributed by atoms with Gasteiger partial charge in [-0.25, -0.2) is 0 Å². The number of carbonyl (C=O) groups is 1. The summed E-state index contributed by atoms with van der Waals surface area (Å²) < 4.78 is 0. The average Bonchev–Trinajstić information content (AvgIpc) is 2.58. The van der Waals surface area contributed by atoms with Gasteiger partial charge in [0.25, 0.3) is 0 Å². The highest BCUT2D eigenvalue weighted by atomic mass is 16.2. The molecular formula is C20H34N2O. The van der Waals surface area contributed by atoms with Crippen LogP contribution in [0.4, 0.5) is 5.69 Å². The molecule has 2 N–H and O–H groups in total. The van der Waals surface area contributed by atoms with E-state index in [2.05, 4.69) is 36.6 Å². The standard InChI is InChI=1S/C20H34N2O/c1-5-7-8-9-10-17(6-2)15-18-11-13-19(14-12-18)22-20(23)16(3)21-4/h11-14,16-17,21H,5-10,15H2,1-4H3,(H,22,23)/t16-,17?/m0/s1. The Bertz CT molecular complexity index is 441. The normalized spacial score (nSPS) is 13.6. The van der Waals surface area contributed by atoms with Crippen LogP contribution >= 0.6 is 0 Å². The number of nitrogens with one attached hydrogen (secondary N) is 2. The predicted molar refractivity (Wildman–Crippen MR) is 99.8 cm³/mol. The molecule has 0 bridgehead atoms. The highest BCUT2D eigenvalue weighted by Gasteiger charge is 2.11. The Labute approximate surface area is 142 Å². The van der Waals surface area contributed by atoms with Crippen LogP contribution in [0.2, 0.25) is 0 Å². The van der Waals surface area contributed by atoms with Gasteiger partial charge in [0, 0.05) is 5.69 Å². The summed E-state index contributed by atoms with van der Waals surface area (Å²) in [5.74, 6) is 0.777. The monoisotopic (exact) mass is 318 g/mol. The van der Waals surface area contributed by atoms with Crippen molar-refractivity contribution in [1.29, 1.82) is 0 Å². The maximum absolute atomic E-state index is 11.9. The van der Waals surface area contributed by atoms with Crippen molar-refractivity contribution in [2.45, 2.75) is 71.8 Å². The Morgan fingerprint density at radius 1 is 1.09 bits per heavy atom. The molecule has 23 heavy (non-hydrogen) atoms. The number of rotatable bonds is 11. The third-order valence-corrected chi connectivity index (χ3v) is 4.62. The Balaban J connectivity index is 2.47. The lowest BCUT2D eigenvalue weighted by Crippen LogP contribution is -2.35. The lowest BCUT2D eigenvalue weighted by molar-refractivity contribution is -0.117. The van der Waals surface area contributed by atoms with Gasteiger partial charge < -0.3 is 10.6 Å². The molecule has 0 fully saturated rings. The van der Waals surface area contributed by atoms with E-state index in [1.165, 1.54) is 44.1 Å². The minimum atomic E-state index is -0.178. The van der Waals surface area contributed by atoms with E-state index < -0.39 is 0 Å². The van der Waals surface area contributed by atoms with Crippen LogP contribution in [0.25, 0.3) is 0 Å². The van der Waals surface area contributed by atoms with E-state index in [1.807, 2.05) is 19.1 Å². The van der Waals surface area contributed by atoms with E-state index in [4.69, 9.17) is 0 Å². The van der Waals surface area contributed by atoms with E-state index in [0.717, 1.165) is 18.0 Å². The van der Waals surface area contributed by atoms with Crippen LogP contribution in [0.3, 0.4) is 0 Å². The second kappa shape index (κ2) is 11.2. The first-order valence-corrected chi connectivity index (χ1v) is 9.17. The quantitative estimate of drug-likeness (QED) is 0.577. The molecule has 1 unspecified atom stereocenters. The molecule has 130 valence electrons. The molecule has 3 nitrogen and oxygen atoms in total. The predicted octanol–water partition coefficient (Wildman–Crippen LogP) is 4.77. The van der Waals surface area contributed by atoms with Crippen LogP contribution in [0, 0.1) is 5.92 Å². The number of carbonyl (C=O) groups excluding carboxylic acids is 1. The Kier molecular flexibility index (Phi) is 9.61. The topological polar surface area (TPSA) is 41.1 Å². The zero-order valence-corrected chi connectivity index (χ0v) is 15.3. The van der Waals surface area contributed by atoms with Gasteiger partial charge in [-0.15, -0.1) is 0 Å². The highest BCUT2D eigenvalue weighted by Crippen LogP contribution is 2.20. The molecule has 2 atom stereocenters. The molecule has 0 aromatic heterocycles. The summed E-state index contributed by atoms with van der Waals surface area (Å²) in [6.07, 6.45) is 9.08. The molecule has 0 radical (unpaired) electrons. The van der Waals surface area contributed by atoms with Gasteiger partial charge in [-0.2, -0.15) is 0 Å². The Morgan fingerprint density at radius 2 is 1.78 bits per heavy atom. The SMILES string of the molecule is CCCCCCC(CC)Cc1ccc(NC(=O)[C@H](C)NC)cc1. The molecule has 0 spiro atoms. The van der Waals surface area contributed by atoms with Crippen LogP contribution in [0.15, 0.2) is 24.3 Å². The lowest BCUT2D eigenvalue weighted by Gasteiger charge is -2.15. The van der Waals surface area contributed by atoms with Crippen molar-refractivity contribution in [1.82, 2.24) is 5.32 Å². The van der Waals surface area contributed by atoms with Crippen molar-refractivity contribution < 1.29 is 4.79 Å². The number of anilines is 1. The first kappa shape index (κ1) is 19.7. The van der Waals surface area contributed by atoms with Crippen LogP contribution in [0.5, 0.6) is 0 Å². The summed E-state index contributed by atoms with van der Waals surface area (Å²) in [7, 11) is 1.79. The zero-order chi connectivity index (χ0) is 17.1. The van der Waals surface area contributed by atoms with E-state index in [0.29, 0.717) is 0 Å². The van der Waals surface area contributed by atoms with Gasteiger partial charge in [-0.3, -0.25) is 4.79 Å². The summed E-state index contributed by atoms with van der Waals surface area (Å²) in [6.45, 7) is 6.40. The number of benzene rings is 1. The Morgan fingerprint density at radius 3 is 2.35 bits per heavy atom. The van der Waals surface area contributed by atoms with Crippen molar-refractivity contribution in [2.24, 2.45) is 5.92 Å². The summed E-state index contributed by atoms with van der Waals surface area (Å²) in [5, 5.41) is 5.88. The molecule has 0 heterocycles. The summed E-state index contributed by atoms with van der Waals surface area (Å²) in [6, 6.07) is 8.14. The van der Waals surface area contributed by atoms with Gasteiger partial charge in [0.1, 0.15) is 0 Å². The largest absolute Gasteiger partial charge is 0.325 e. The molecule has 1 rings (SSSR count). The van der Waals surface area contributed by atoms with Crippen LogP contribution in [0.1, 0.15) is 64.9 Å². The molecule has 1 aromatic rings. The minimum absolute atomic E-state index is 0.00242. The molecule has 0 saturated heterocycles. The van der Waals surface area contributed by atoms with Gasteiger partial charge in [0.15, 0.2) is 0 Å². The number of amides is 1. The molecule has 0 aliphatic heterocycles. The second-order valence-corrected chi connectivity index (χ2v) is 6.52. The van der Waals surface area contributed by atoms with Crippen LogP contribution in [-0.2, 0) is 11.2 Å². The zero-order valence-electron chi connectivity index (χ0n) is 15.3. The first-order chi connectivity index (χ1) is 11.1. The fourth-order valence-corrected chi connectivity index (χ4v) is 2.75. The average molecular weight is 319 g/mol. The molecular weight excluding hydrogens is 284 g/mol. The fourth-order valence-electron chi connectivity index (χ4n) is 2.75. The van der Waals surface area contributed by atoms with Crippen molar-refractivity contribution in [3.05, 3.63) is 29.8 Å². The van der Waals surface area contributed by atoms with Crippen molar-refractivity contribution in [3.8, 4) is 0 Å². The highest BCUT2D eigenvalue weighted by molar-refractivity contribution is 5.94. The maximum Gasteiger partial charge on any atom is 0.241 e. The molecule has 1 amide bonds. The molecule has 1 aromatic carbocycles. The fraction of sp³-hybridized carbons (Fsp3) is 0.650.